The number of piperidine rings is 1. The lowest BCUT2D eigenvalue weighted by atomic mass is 9.60. The number of rotatable bonds is 1. The van der Waals surface area contributed by atoms with Crippen LogP contribution in [-0.2, 0) is 14.9 Å². The van der Waals surface area contributed by atoms with E-state index in [1.165, 1.54) is 12.7 Å². The van der Waals surface area contributed by atoms with Crippen LogP contribution in [0, 0.1) is 5.92 Å². The quantitative estimate of drug-likeness (QED) is 0.604. The van der Waals surface area contributed by atoms with Crippen LogP contribution in [0.15, 0.2) is 47.2 Å². The normalized spacial score (nSPS) is 36.9. The van der Waals surface area contributed by atoms with Crippen molar-refractivity contribution in [3.63, 3.8) is 0 Å². The average molecular weight is 338 g/mol. The molecule has 1 aliphatic carbocycles. The number of methoxy groups -OCH3 is 1. The van der Waals surface area contributed by atoms with Crippen LogP contribution < -0.4 is 5.32 Å². The smallest absolute Gasteiger partial charge is 0.336 e. The molecule has 0 amide bonds. The standard InChI is InChI=1S/C20H22N2O3/c1-3-11-10-22-9-8-20-12-6-4-5-7-13(12)21-17(20)15(19(24)25-2)14(11)16(23)18(20)22/h3-7,14,16,18,21,23H,8-10H2,1-2H3/b11-3-/t14-,16?,18-,20?/m0/s1. The number of hydrogen-bond acceptors (Lipinski definition) is 5. The number of allylic oxidation sites excluding steroid dienone is 1. The molecule has 2 bridgehead atoms. The molecule has 1 aromatic rings. The fraction of sp³-hybridized carbons (Fsp3) is 0.450. The van der Waals surface area contributed by atoms with Crippen molar-refractivity contribution in [2.45, 2.75) is 30.9 Å². The highest BCUT2D eigenvalue weighted by atomic mass is 16.5. The summed E-state index contributed by atoms with van der Waals surface area (Å²) in [6.45, 7) is 3.71. The monoisotopic (exact) mass is 338 g/mol. The topological polar surface area (TPSA) is 61.8 Å². The SMILES string of the molecule is C/C=C1/CN2CCC34C(=C(C(=O)OC)[C@H]1C(O)[C@H]23)Nc1ccccc14. The van der Waals surface area contributed by atoms with Gasteiger partial charge in [-0.05, 0) is 30.5 Å². The van der Waals surface area contributed by atoms with Crippen LogP contribution in [0.2, 0.25) is 0 Å². The molecule has 3 heterocycles. The molecule has 4 atom stereocenters. The molecule has 0 aromatic heterocycles. The lowest BCUT2D eigenvalue weighted by Crippen LogP contribution is -2.61. The first-order chi connectivity index (χ1) is 12.1. The second kappa shape index (κ2) is 4.96. The predicted octanol–water partition coefficient (Wildman–Crippen LogP) is 1.80. The van der Waals surface area contributed by atoms with E-state index in [9.17, 15) is 9.90 Å². The Morgan fingerprint density at radius 1 is 1.44 bits per heavy atom. The van der Waals surface area contributed by atoms with Crippen molar-refractivity contribution in [2.75, 3.05) is 25.5 Å². The van der Waals surface area contributed by atoms with Crippen molar-refractivity contribution >= 4 is 11.7 Å². The van der Waals surface area contributed by atoms with Crippen molar-refractivity contribution in [1.29, 1.82) is 0 Å². The molecule has 0 radical (unpaired) electrons. The summed E-state index contributed by atoms with van der Waals surface area (Å²) in [5.41, 5.74) is 4.56. The summed E-state index contributed by atoms with van der Waals surface area (Å²) in [6, 6.07) is 8.23. The molecule has 5 rings (SSSR count). The Bertz CT molecular complexity index is 843. The number of carbonyl (C=O) groups excluding carboxylic acids is 1. The maximum atomic E-state index is 12.8. The van der Waals surface area contributed by atoms with Gasteiger partial charge in [-0.2, -0.15) is 0 Å². The maximum absolute atomic E-state index is 12.8. The van der Waals surface area contributed by atoms with Crippen molar-refractivity contribution in [3.8, 4) is 0 Å². The largest absolute Gasteiger partial charge is 0.466 e. The van der Waals surface area contributed by atoms with Gasteiger partial charge in [-0.3, -0.25) is 4.90 Å². The number of ether oxygens (including phenoxy) is 1. The summed E-state index contributed by atoms with van der Waals surface area (Å²) < 4.78 is 5.14. The Morgan fingerprint density at radius 2 is 2.24 bits per heavy atom. The Balaban J connectivity index is 1.85. The highest BCUT2D eigenvalue weighted by Gasteiger charge is 2.65. The number of anilines is 1. The van der Waals surface area contributed by atoms with E-state index in [1.807, 2.05) is 25.1 Å². The van der Waals surface area contributed by atoms with E-state index in [-0.39, 0.29) is 23.3 Å². The predicted molar refractivity (Wildman–Crippen MR) is 94.0 cm³/mol. The van der Waals surface area contributed by atoms with Gasteiger partial charge in [-0.25, -0.2) is 4.79 Å². The van der Waals surface area contributed by atoms with Crippen LogP contribution in [-0.4, -0.2) is 48.3 Å². The third-order valence-corrected chi connectivity index (χ3v) is 6.61. The van der Waals surface area contributed by atoms with Gasteiger partial charge >= 0.3 is 5.97 Å². The summed E-state index contributed by atoms with van der Waals surface area (Å²) in [4.78, 5) is 15.2. The summed E-state index contributed by atoms with van der Waals surface area (Å²) in [5.74, 6) is -0.626. The van der Waals surface area contributed by atoms with E-state index in [2.05, 4.69) is 22.3 Å². The van der Waals surface area contributed by atoms with Crippen LogP contribution in [0.25, 0.3) is 0 Å². The molecule has 2 unspecified atom stereocenters. The number of para-hydroxylation sites is 1. The van der Waals surface area contributed by atoms with Gasteiger partial charge in [0.25, 0.3) is 0 Å². The minimum absolute atomic E-state index is 0.000700. The zero-order chi connectivity index (χ0) is 17.3. The third-order valence-electron chi connectivity index (χ3n) is 6.61. The summed E-state index contributed by atoms with van der Waals surface area (Å²) in [6.07, 6.45) is 2.34. The Hall–Kier alpha value is -2.11. The van der Waals surface area contributed by atoms with Gasteiger partial charge in [0.15, 0.2) is 0 Å². The molecule has 5 nitrogen and oxygen atoms in total. The molecule has 0 saturated carbocycles. The van der Waals surface area contributed by atoms with E-state index in [0.717, 1.165) is 36.5 Å². The van der Waals surface area contributed by atoms with E-state index in [0.29, 0.717) is 5.57 Å². The molecule has 1 spiro atoms. The molecule has 5 heteroatoms. The zero-order valence-electron chi connectivity index (χ0n) is 14.5. The van der Waals surface area contributed by atoms with Gasteiger partial charge in [0.05, 0.1) is 30.2 Å². The fourth-order valence-corrected chi connectivity index (χ4v) is 5.70. The highest BCUT2D eigenvalue weighted by molar-refractivity contribution is 5.94. The lowest BCUT2D eigenvalue weighted by molar-refractivity contribution is -0.138. The zero-order valence-corrected chi connectivity index (χ0v) is 14.5. The molecule has 1 aromatic carbocycles. The minimum atomic E-state index is -0.603. The van der Waals surface area contributed by atoms with Gasteiger partial charge in [-0.15, -0.1) is 0 Å². The first-order valence-electron chi connectivity index (χ1n) is 8.90. The third kappa shape index (κ3) is 1.63. The molecule has 2 fully saturated rings. The van der Waals surface area contributed by atoms with E-state index < -0.39 is 6.10 Å². The number of nitrogens with one attached hydrogen (secondary N) is 1. The number of hydrogen-bond donors (Lipinski definition) is 2. The van der Waals surface area contributed by atoms with Gasteiger partial charge in [0.2, 0.25) is 0 Å². The first kappa shape index (κ1) is 15.2. The van der Waals surface area contributed by atoms with Crippen molar-refractivity contribution in [3.05, 3.63) is 52.7 Å². The number of benzene rings is 1. The number of aliphatic hydroxyl groups is 1. The lowest BCUT2D eigenvalue weighted by Gasteiger charge is -2.51. The van der Waals surface area contributed by atoms with Gasteiger partial charge in [0.1, 0.15) is 0 Å². The van der Waals surface area contributed by atoms with Crippen molar-refractivity contribution in [1.82, 2.24) is 4.90 Å². The molecule has 4 aliphatic rings. The summed E-state index contributed by atoms with van der Waals surface area (Å²) in [5, 5.41) is 14.8. The van der Waals surface area contributed by atoms with Crippen molar-refractivity contribution in [2.24, 2.45) is 5.92 Å². The van der Waals surface area contributed by atoms with Crippen LogP contribution >= 0.6 is 0 Å². The Morgan fingerprint density at radius 3 is 3.00 bits per heavy atom. The van der Waals surface area contributed by atoms with Gasteiger partial charge < -0.3 is 15.2 Å². The fourth-order valence-electron chi connectivity index (χ4n) is 5.70. The van der Waals surface area contributed by atoms with Crippen molar-refractivity contribution < 1.29 is 14.6 Å². The Kier molecular flexibility index (Phi) is 3.01. The number of esters is 1. The summed E-state index contributed by atoms with van der Waals surface area (Å²) >= 11 is 0. The molecular formula is C20H22N2O3. The number of nitrogens with zero attached hydrogens (tertiary/aromatic N) is 1. The van der Waals surface area contributed by atoms with Crippen LogP contribution in [0.4, 0.5) is 5.69 Å². The highest BCUT2D eigenvalue weighted by Crippen LogP contribution is 2.61. The van der Waals surface area contributed by atoms with Gasteiger partial charge in [0, 0.05) is 30.4 Å². The number of fused-ring (bicyclic) bond motifs is 2. The van der Waals surface area contributed by atoms with Crippen LogP contribution in [0.3, 0.4) is 0 Å². The average Bonchev–Trinajstić information content (AvgIpc) is 3.18. The molecular weight excluding hydrogens is 316 g/mol. The minimum Gasteiger partial charge on any atom is -0.466 e. The molecule has 25 heavy (non-hydrogen) atoms. The van der Waals surface area contributed by atoms with E-state index in [1.54, 1.807) is 0 Å². The van der Waals surface area contributed by atoms with Gasteiger partial charge in [-0.1, -0.05) is 24.3 Å². The number of aliphatic hydroxyl groups excluding tert-OH is 1. The molecule has 2 saturated heterocycles. The van der Waals surface area contributed by atoms with E-state index in [4.69, 9.17) is 4.74 Å². The van der Waals surface area contributed by atoms with E-state index >= 15 is 0 Å². The molecule has 130 valence electrons. The first-order valence-corrected chi connectivity index (χ1v) is 8.90. The Labute approximate surface area is 147 Å². The molecule has 2 N–H and O–H groups in total. The second-order valence-corrected chi connectivity index (χ2v) is 7.42. The van der Waals surface area contributed by atoms with Crippen LogP contribution in [0.1, 0.15) is 18.9 Å². The maximum Gasteiger partial charge on any atom is 0.336 e. The summed E-state index contributed by atoms with van der Waals surface area (Å²) in [7, 11) is 1.42. The molecule has 3 aliphatic heterocycles. The number of carbonyl (C=O) groups is 1. The van der Waals surface area contributed by atoms with Crippen LogP contribution in [0.5, 0.6) is 0 Å². The second-order valence-electron chi connectivity index (χ2n) is 7.42.